The molecular weight excluding hydrogens is 398 g/mol. The topological polar surface area (TPSA) is 140 Å². The lowest BCUT2D eigenvalue weighted by Crippen LogP contribution is -2.64. The summed E-state index contributed by atoms with van der Waals surface area (Å²) in [7, 11) is 0. The second kappa shape index (κ2) is 16.3. The number of nitrogens with zero attached hydrogens (tertiary/aromatic N) is 3. The van der Waals surface area contributed by atoms with Crippen molar-refractivity contribution in [2.24, 2.45) is 11.0 Å². The van der Waals surface area contributed by atoms with Crippen LogP contribution in [0, 0.1) is 5.92 Å². The number of unbranched alkanes of at least 4 members (excludes halogenated alkanes) is 5. The summed E-state index contributed by atoms with van der Waals surface area (Å²) in [4.78, 5) is 15.0. The smallest absolute Gasteiger partial charge is 0.220 e. The summed E-state index contributed by atoms with van der Waals surface area (Å²) in [5.74, 6) is 0.617. The molecule has 0 radical (unpaired) electrons. The summed E-state index contributed by atoms with van der Waals surface area (Å²) in [6.07, 6.45) is 5.55. The number of aliphatic hydroxyl groups is 2. The number of hydrogen-bond donors (Lipinski definition) is 4. The molecule has 1 heterocycles. The standard InChI is InChI=1S/C22H43N5O4/c1-16(2)11-7-4-5-8-12-19(28)26-20-17(3)31-18(21(29)22(20)30)15-24-13-9-6-10-14-25-27-23/h16-18,20-22,24,29-30H,4-15H2,1-3H3,(H,26,28)/t17-,18?,20?,21+,22+/m0/s1. The van der Waals surface area contributed by atoms with Gasteiger partial charge in [-0.1, -0.05) is 51.1 Å². The molecule has 31 heavy (non-hydrogen) atoms. The molecule has 5 atom stereocenters. The van der Waals surface area contributed by atoms with E-state index < -0.39 is 24.4 Å². The van der Waals surface area contributed by atoms with Crippen LogP contribution in [0.3, 0.4) is 0 Å². The molecule has 0 aromatic rings. The van der Waals surface area contributed by atoms with Gasteiger partial charge in [0.15, 0.2) is 0 Å². The van der Waals surface area contributed by atoms with Gasteiger partial charge in [-0.2, -0.15) is 0 Å². The van der Waals surface area contributed by atoms with Gasteiger partial charge in [-0.3, -0.25) is 4.79 Å². The minimum Gasteiger partial charge on any atom is -0.388 e. The van der Waals surface area contributed by atoms with Crippen molar-refractivity contribution in [2.45, 2.75) is 109 Å². The highest BCUT2D eigenvalue weighted by Crippen LogP contribution is 2.21. The lowest BCUT2D eigenvalue weighted by atomic mass is 9.93. The molecule has 0 saturated carbocycles. The third-order valence-electron chi connectivity index (χ3n) is 5.78. The molecule has 9 heteroatoms. The number of nitrogens with one attached hydrogen (secondary N) is 2. The van der Waals surface area contributed by atoms with Crippen molar-refractivity contribution >= 4 is 5.91 Å². The second-order valence-electron chi connectivity index (χ2n) is 9.02. The van der Waals surface area contributed by atoms with Gasteiger partial charge in [0.1, 0.15) is 12.2 Å². The predicted octanol–water partition coefficient (Wildman–Crippen LogP) is 3.05. The van der Waals surface area contributed by atoms with Crippen molar-refractivity contribution in [3.05, 3.63) is 10.4 Å². The highest BCUT2D eigenvalue weighted by Gasteiger charge is 2.42. The van der Waals surface area contributed by atoms with Crippen LogP contribution in [-0.4, -0.2) is 66.2 Å². The molecule has 1 amide bonds. The number of amides is 1. The van der Waals surface area contributed by atoms with Crippen LogP contribution in [0.4, 0.5) is 0 Å². The number of ether oxygens (including phenoxy) is 1. The van der Waals surface area contributed by atoms with Crippen molar-refractivity contribution in [3.8, 4) is 0 Å². The lowest BCUT2D eigenvalue weighted by Gasteiger charge is -2.42. The Hall–Kier alpha value is -1.38. The van der Waals surface area contributed by atoms with Crippen LogP contribution in [0.1, 0.15) is 78.6 Å². The van der Waals surface area contributed by atoms with E-state index in [0.29, 0.717) is 19.5 Å². The zero-order chi connectivity index (χ0) is 23.1. The quantitative estimate of drug-likeness (QED) is 0.126. The van der Waals surface area contributed by atoms with Crippen LogP contribution in [0.5, 0.6) is 0 Å². The molecule has 0 aromatic heterocycles. The van der Waals surface area contributed by atoms with Crippen LogP contribution in [0.25, 0.3) is 10.4 Å². The molecule has 4 N–H and O–H groups in total. The molecule has 0 aromatic carbocycles. The summed E-state index contributed by atoms with van der Waals surface area (Å²) in [5, 5.41) is 30.6. The fourth-order valence-corrected chi connectivity index (χ4v) is 3.87. The van der Waals surface area contributed by atoms with E-state index in [9.17, 15) is 15.0 Å². The molecule has 1 rings (SSSR count). The van der Waals surface area contributed by atoms with Crippen molar-refractivity contribution in [1.29, 1.82) is 0 Å². The highest BCUT2D eigenvalue weighted by molar-refractivity contribution is 5.76. The molecule has 9 nitrogen and oxygen atoms in total. The van der Waals surface area contributed by atoms with Gasteiger partial charge < -0.3 is 25.6 Å². The van der Waals surface area contributed by atoms with E-state index in [4.69, 9.17) is 10.3 Å². The Balaban J connectivity index is 2.25. The first-order chi connectivity index (χ1) is 14.9. The molecule has 0 spiro atoms. The van der Waals surface area contributed by atoms with E-state index in [-0.39, 0.29) is 12.0 Å². The van der Waals surface area contributed by atoms with Crippen molar-refractivity contribution in [2.75, 3.05) is 19.6 Å². The average Bonchev–Trinajstić information content (AvgIpc) is 2.73. The van der Waals surface area contributed by atoms with Gasteiger partial charge in [-0.15, -0.1) is 0 Å². The van der Waals surface area contributed by atoms with E-state index in [1.54, 1.807) is 0 Å². The van der Waals surface area contributed by atoms with Crippen LogP contribution in [0.2, 0.25) is 0 Å². The maximum Gasteiger partial charge on any atom is 0.220 e. The summed E-state index contributed by atoms with van der Waals surface area (Å²) in [6.45, 7) is 7.95. The third-order valence-corrected chi connectivity index (χ3v) is 5.78. The Morgan fingerprint density at radius 2 is 1.81 bits per heavy atom. The molecule has 1 fully saturated rings. The molecular formula is C22H43N5O4. The zero-order valence-corrected chi connectivity index (χ0v) is 19.5. The van der Waals surface area contributed by atoms with Crippen LogP contribution >= 0.6 is 0 Å². The summed E-state index contributed by atoms with van der Waals surface area (Å²) in [5.41, 5.74) is 8.23. The molecule has 0 bridgehead atoms. The monoisotopic (exact) mass is 441 g/mol. The SMILES string of the molecule is CC(C)CCCCCCC(=O)NC1[C@H](C)OC(CNCCCCCN=[N+]=[N-])[C@@H](O)[C@@H]1O. The molecule has 0 aliphatic carbocycles. The largest absolute Gasteiger partial charge is 0.388 e. The number of rotatable bonds is 16. The molecule has 2 unspecified atom stereocenters. The summed E-state index contributed by atoms with van der Waals surface area (Å²) < 4.78 is 5.88. The predicted molar refractivity (Wildman–Crippen MR) is 122 cm³/mol. The molecule has 1 aliphatic heterocycles. The van der Waals surface area contributed by atoms with Gasteiger partial charge >= 0.3 is 0 Å². The molecule has 1 saturated heterocycles. The minimum absolute atomic E-state index is 0.104. The van der Waals surface area contributed by atoms with Gasteiger partial charge in [0.2, 0.25) is 5.91 Å². The summed E-state index contributed by atoms with van der Waals surface area (Å²) in [6, 6.07) is -0.611. The van der Waals surface area contributed by atoms with E-state index in [1.807, 2.05) is 6.92 Å². The minimum atomic E-state index is -1.06. The van der Waals surface area contributed by atoms with E-state index >= 15 is 0 Å². The van der Waals surface area contributed by atoms with Crippen molar-refractivity contribution < 1.29 is 19.7 Å². The maximum absolute atomic E-state index is 12.3. The highest BCUT2D eigenvalue weighted by atomic mass is 16.5. The Bertz CT molecular complexity index is 542. The number of carbonyl (C=O) groups excluding carboxylic acids is 1. The molecule has 180 valence electrons. The zero-order valence-electron chi connectivity index (χ0n) is 19.5. The van der Waals surface area contributed by atoms with E-state index in [1.165, 1.54) is 12.8 Å². The number of azide groups is 1. The normalized spacial score (nSPS) is 25.9. The Kier molecular flexibility index (Phi) is 14.5. The number of aliphatic hydroxyl groups excluding tert-OH is 2. The van der Waals surface area contributed by atoms with Gasteiger partial charge in [0.05, 0.1) is 18.2 Å². The van der Waals surface area contributed by atoms with Crippen LogP contribution in [0.15, 0.2) is 5.11 Å². The fourth-order valence-electron chi connectivity index (χ4n) is 3.87. The van der Waals surface area contributed by atoms with Crippen molar-refractivity contribution in [3.63, 3.8) is 0 Å². The Labute approximate surface area is 186 Å². The third kappa shape index (κ3) is 11.7. The van der Waals surface area contributed by atoms with Crippen LogP contribution in [-0.2, 0) is 9.53 Å². The van der Waals surface area contributed by atoms with E-state index in [0.717, 1.165) is 51.0 Å². The first-order valence-electron chi connectivity index (χ1n) is 11.9. The van der Waals surface area contributed by atoms with Crippen LogP contribution < -0.4 is 10.6 Å². The molecule has 1 aliphatic rings. The first kappa shape index (κ1) is 27.7. The van der Waals surface area contributed by atoms with E-state index in [2.05, 4.69) is 34.5 Å². The number of hydrogen-bond acceptors (Lipinski definition) is 6. The number of carbonyl (C=O) groups is 1. The first-order valence-corrected chi connectivity index (χ1v) is 11.9. The fraction of sp³-hybridized carbons (Fsp3) is 0.955. The van der Waals surface area contributed by atoms with Crippen molar-refractivity contribution in [1.82, 2.24) is 10.6 Å². The maximum atomic E-state index is 12.3. The summed E-state index contributed by atoms with van der Waals surface area (Å²) >= 11 is 0. The van der Waals surface area contributed by atoms with Gasteiger partial charge in [-0.05, 0) is 44.2 Å². The Morgan fingerprint density at radius 1 is 1.10 bits per heavy atom. The average molecular weight is 442 g/mol. The lowest BCUT2D eigenvalue weighted by molar-refractivity contribution is -0.179. The second-order valence-corrected chi connectivity index (χ2v) is 9.02. The van der Waals surface area contributed by atoms with Gasteiger partial charge in [0, 0.05) is 24.4 Å². The Morgan fingerprint density at radius 3 is 2.52 bits per heavy atom. The van der Waals surface area contributed by atoms with Gasteiger partial charge in [0.25, 0.3) is 0 Å². The van der Waals surface area contributed by atoms with Gasteiger partial charge in [-0.25, -0.2) is 0 Å².